The molecule has 2 heterocycles. The number of nitrogens with zero attached hydrogens (tertiary/aromatic N) is 3. The van der Waals surface area contributed by atoms with Crippen LogP contribution in [0.3, 0.4) is 0 Å². The highest BCUT2D eigenvalue weighted by atomic mass is 35.5. The van der Waals surface area contributed by atoms with Gasteiger partial charge in [-0.3, -0.25) is 9.69 Å². The lowest BCUT2D eigenvalue weighted by Gasteiger charge is -2.43. The van der Waals surface area contributed by atoms with E-state index in [4.69, 9.17) is 11.6 Å². The van der Waals surface area contributed by atoms with Gasteiger partial charge in [0.15, 0.2) is 11.4 Å². The highest BCUT2D eigenvalue weighted by molar-refractivity contribution is 6.32. The van der Waals surface area contributed by atoms with Crippen LogP contribution in [0.2, 0.25) is 5.15 Å². The van der Waals surface area contributed by atoms with Gasteiger partial charge in [0.25, 0.3) is 0 Å². The zero-order valence-corrected chi connectivity index (χ0v) is 12.4. The van der Waals surface area contributed by atoms with Crippen molar-refractivity contribution in [2.24, 2.45) is 0 Å². The number of pyridine rings is 1. The largest absolute Gasteiger partial charge is 0.366 e. The number of hydrogen-bond donors (Lipinski definition) is 0. The molecule has 0 unspecified atom stereocenters. The van der Waals surface area contributed by atoms with Crippen LogP contribution in [0, 0.1) is 0 Å². The number of carbonyl (C=O) groups excluding carboxylic acids is 1. The molecule has 0 amide bonds. The molecule has 1 aliphatic rings. The first-order valence-corrected chi connectivity index (χ1v) is 6.90. The molecule has 4 nitrogen and oxygen atoms in total. The van der Waals surface area contributed by atoms with Crippen molar-refractivity contribution >= 4 is 23.6 Å². The predicted molar refractivity (Wildman–Crippen MR) is 78.2 cm³/mol. The molecule has 5 heteroatoms. The number of piperazine rings is 1. The third-order valence-electron chi connectivity index (χ3n) is 3.55. The third-order valence-corrected chi connectivity index (χ3v) is 3.84. The Labute approximate surface area is 119 Å². The molecule has 0 N–H and O–H groups in total. The molecule has 0 radical (unpaired) electrons. The Balaban J connectivity index is 2.11. The van der Waals surface area contributed by atoms with Crippen molar-refractivity contribution in [2.75, 3.05) is 31.1 Å². The minimum absolute atomic E-state index is 0.193. The molecule has 0 saturated carbocycles. The summed E-state index contributed by atoms with van der Waals surface area (Å²) < 4.78 is 0. The quantitative estimate of drug-likeness (QED) is 0.616. The Hall–Kier alpha value is -1.13. The topological polar surface area (TPSA) is 36.4 Å². The Morgan fingerprint density at radius 2 is 1.89 bits per heavy atom. The van der Waals surface area contributed by atoms with E-state index < -0.39 is 0 Å². The van der Waals surface area contributed by atoms with Crippen molar-refractivity contribution in [3.8, 4) is 0 Å². The summed E-state index contributed by atoms with van der Waals surface area (Å²) in [4.78, 5) is 19.6. The lowest BCUT2D eigenvalue weighted by molar-refractivity contribution is 0.112. The molecule has 0 aromatic carbocycles. The summed E-state index contributed by atoms with van der Waals surface area (Å²) in [7, 11) is 0. The van der Waals surface area contributed by atoms with Gasteiger partial charge in [0.2, 0.25) is 0 Å². The summed E-state index contributed by atoms with van der Waals surface area (Å²) in [5.74, 6) is 0. The first-order valence-electron chi connectivity index (χ1n) is 6.52. The van der Waals surface area contributed by atoms with Crippen molar-refractivity contribution in [3.05, 3.63) is 23.0 Å². The second-order valence-electron chi connectivity index (χ2n) is 5.84. The standard InChI is InChI=1S/C14H20ClN3O/c1-14(2,3)18-6-4-17(5-7-18)12-8-11(10-19)9-16-13(12)15/h8-10H,4-7H2,1-3H3. The smallest absolute Gasteiger partial charge is 0.152 e. The SMILES string of the molecule is CC(C)(C)N1CCN(c2cc(C=O)cnc2Cl)CC1. The maximum absolute atomic E-state index is 10.8. The summed E-state index contributed by atoms with van der Waals surface area (Å²) in [5.41, 5.74) is 1.62. The predicted octanol–water partition coefficient (Wildman–Crippen LogP) is 2.47. The first kappa shape index (κ1) is 14.3. The van der Waals surface area contributed by atoms with E-state index in [-0.39, 0.29) is 5.54 Å². The van der Waals surface area contributed by atoms with Crippen LogP contribution in [0.4, 0.5) is 5.69 Å². The van der Waals surface area contributed by atoms with Gasteiger partial charge in [0, 0.05) is 43.5 Å². The first-order chi connectivity index (χ1) is 8.91. The molecule has 104 valence electrons. The average Bonchev–Trinajstić information content (AvgIpc) is 2.38. The molecule has 1 aromatic rings. The molecule has 0 bridgehead atoms. The summed E-state index contributed by atoms with van der Waals surface area (Å²) in [6.07, 6.45) is 2.31. The number of anilines is 1. The van der Waals surface area contributed by atoms with Crippen LogP contribution >= 0.6 is 11.6 Å². The number of carbonyl (C=O) groups is 1. The van der Waals surface area contributed by atoms with E-state index in [2.05, 4.69) is 35.6 Å². The fourth-order valence-corrected chi connectivity index (χ4v) is 2.58. The monoisotopic (exact) mass is 281 g/mol. The van der Waals surface area contributed by atoms with Crippen LogP contribution in [0.5, 0.6) is 0 Å². The molecule has 1 aromatic heterocycles. The maximum atomic E-state index is 10.8. The molecule has 19 heavy (non-hydrogen) atoms. The van der Waals surface area contributed by atoms with Crippen LogP contribution in [0.15, 0.2) is 12.3 Å². The molecule has 0 aliphatic carbocycles. The fraction of sp³-hybridized carbons (Fsp3) is 0.571. The van der Waals surface area contributed by atoms with E-state index in [0.717, 1.165) is 38.2 Å². The van der Waals surface area contributed by atoms with Crippen molar-refractivity contribution in [1.82, 2.24) is 9.88 Å². The van der Waals surface area contributed by atoms with Crippen LogP contribution in [0.1, 0.15) is 31.1 Å². The molecular formula is C14H20ClN3O. The Bertz CT molecular complexity index is 462. The normalized spacial score (nSPS) is 17.6. The molecule has 2 rings (SSSR count). The van der Waals surface area contributed by atoms with Gasteiger partial charge in [0.1, 0.15) is 0 Å². The Morgan fingerprint density at radius 1 is 1.26 bits per heavy atom. The highest BCUT2D eigenvalue weighted by Gasteiger charge is 2.26. The van der Waals surface area contributed by atoms with Gasteiger partial charge >= 0.3 is 0 Å². The van der Waals surface area contributed by atoms with Crippen molar-refractivity contribution in [2.45, 2.75) is 26.3 Å². The van der Waals surface area contributed by atoms with E-state index in [9.17, 15) is 4.79 Å². The number of halogens is 1. The van der Waals surface area contributed by atoms with Crippen LogP contribution in [-0.2, 0) is 0 Å². The van der Waals surface area contributed by atoms with Crippen LogP contribution in [0.25, 0.3) is 0 Å². The fourth-order valence-electron chi connectivity index (χ4n) is 2.36. The Kier molecular flexibility index (Phi) is 4.11. The van der Waals surface area contributed by atoms with E-state index in [1.165, 1.54) is 6.20 Å². The van der Waals surface area contributed by atoms with Gasteiger partial charge in [0.05, 0.1) is 5.69 Å². The lowest BCUT2D eigenvalue weighted by atomic mass is 10.0. The average molecular weight is 282 g/mol. The molecular weight excluding hydrogens is 262 g/mol. The van der Waals surface area contributed by atoms with Gasteiger partial charge in [-0.25, -0.2) is 4.98 Å². The molecule has 1 fully saturated rings. The number of aldehydes is 1. The zero-order chi connectivity index (χ0) is 14.0. The van der Waals surface area contributed by atoms with Crippen molar-refractivity contribution < 1.29 is 4.79 Å². The molecule has 1 aliphatic heterocycles. The summed E-state index contributed by atoms with van der Waals surface area (Å²) in [6, 6.07) is 1.81. The molecule has 1 saturated heterocycles. The van der Waals surface area contributed by atoms with Gasteiger partial charge in [-0.1, -0.05) is 11.6 Å². The Morgan fingerprint density at radius 3 is 2.42 bits per heavy atom. The van der Waals surface area contributed by atoms with E-state index >= 15 is 0 Å². The minimum Gasteiger partial charge on any atom is -0.366 e. The van der Waals surface area contributed by atoms with Crippen LogP contribution < -0.4 is 4.90 Å². The summed E-state index contributed by atoms with van der Waals surface area (Å²) in [5, 5.41) is 0.467. The van der Waals surface area contributed by atoms with Gasteiger partial charge < -0.3 is 4.90 Å². The van der Waals surface area contributed by atoms with E-state index in [0.29, 0.717) is 10.7 Å². The zero-order valence-electron chi connectivity index (χ0n) is 11.7. The number of hydrogen-bond acceptors (Lipinski definition) is 4. The van der Waals surface area contributed by atoms with Gasteiger partial charge in [-0.15, -0.1) is 0 Å². The second kappa shape index (κ2) is 5.47. The van der Waals surface area contributed by atoms with Gasteiger partial charge in [-0.2, -0.15) is 0 Å². The van der Waals surface area contributed by atoms with Crippen molar-refractivity contribution in [3.63, 3.8) is 0 Å². The minimum atomic E-state index is 0.193. The van der Waals surface area contributed by atoms with Crippen molar-refractivity contribution in [1.29, 1.82) is 0 Å². The summed E-state index contributed by atoms with van der Waals surface area (Å²) in [6.45, 7) is 10.5. The van der Waals surface area contributed by atoms with Crippen LogP contribution in [-0.4, -0.2) is 47.9 Å². The number of rotatable bonds is 2. The summed E-state index contributed by atoms with van der Waals surface area (Å²) >= 11 is 6.13. The lowest BCUT2D eigenvalue weighted by Crippen LogP contribution is -2.53. The maximum Gasteiger partial charge on any atom is 0.152 e. The number of aromatic nitrogens is 1. The second-order valence-corrected chi connectivity index (χ2v) is 6.20. The van der Waals surface area contributed by atoms with E-state index in [1.807, 2.05) is 6.07 Å². The molecule has 0 spiro atoms. The van der Waals surface area contributed by atoms with E-state index in [1.54, 1.807) is 0 Å². The molecule has 0 atom stereocenters. The van der Waals surface area contributed by atoms with Gasteiger partial charge in [-0.05, 0) is 26.8 Å². The third kappa shape index (κ3) is 3.25. The highest BCUT2D eigenvalue weighted by Crippen LogP contribution is 2.26.